The van der Waals surface area contributed by atoms with Gasteiger partial charge in [0.25, 0.3) is 5.91 Å². The van der Waals surface area contributed by atoms with Crippen LogP contribution in [0.3, 0.4) is 0 Å². The van der Waals surface area contributed by atoms with E-state index in [0.29, 0.717) is 11.3 Å². The van der Waals surface area contributed by atoms with E-state index in [-0.39, 0.29) is 37.2 Å². The summed E-state index contributed by atoms with van der Waals surface area (Å²) in [5.41, 5.74) is 0.690. The predicted octanol–water partition coefficient (Wildman–Crippen LogP) is 1.16. The maximum atomic E-state index is 11.7. The van der Waals surface area contributed by atoms with Gasteiger partial charge in [-0.2, -0.15) is 0 Å². The zero-order chi connectivity index (χ0) is 15.9. The van der Waals surface area contributed by atoms with E-state index < -0.39 is 0 Å². The summed E-state index contributed by atoms with van der Waals surface area (Å²) in [7, 11) is 0. The normalized spacial score (nSPS) is 11.0. The van der Waals surface area contributed by atoms with E-state index in [2.05, 4.69) is 10.6 Å². The minimum absolute atomic E-state index is 0.0256. The third kappa shape index (κ3) is 6.87. The fraction of sp³-hybridized carbons (Fsp3) is 0.467. The van der Waals surface area contributed by atoms with Gasteiger partial charge in [0, 0.05) is 17.8 Å². The SMILES string of the molecule is CC(C)(C)OCC(=O)Nc1ccc(C(=O)NCCO)cc1. The smallest absolute Gasteiger partial charge is 0.251 e. The Kier molecular flexibility index (Phi) is 6.33. The van der Waals surface area contributed by atoms with E-state index in [4.69, 9.17) is 9.84 Å². The van der Waals surface area contributed by atoms with Crippen molar-refractivity contribution < 1.29 is 19.4 Å². The van der Waals surface area contributed by atoms with Gasteiger partial charge in [0.05, 0.1) is 12.2 Å². The van der Waals surface area contributed by atoms with Crippen LogP contribution in [0, 0.1) is 0 Å². The van der Waals surface area contributed by atoms with Gasteiger partial charge in [-0.1, -0.05) is 0 Å². The third-order valence-corrected chi connectivity index (χ3v) is 2.46. The van der Waals surface area contributed by atoms with Crippen LogP contribution in [0.1, 0.15) is 31.1 Å². The molecule has 21 heavy (non-hydrogen) atoms. The molecule has 0 aliphatic rings. The molecule has 1 aromatic carbocycles. The molecule has 0 unspecified atom stereocenters. The molecular formula is C15H22N2O4. The Morgan fingerprint density at radius 2 is 1.81 bits per heavy atom. The highest BCUT2D eigenvalue weighted by Crippen LogP contribution is 2.11. The first-order valence-electron chi connectivity index (χ1n) is 6.75. The Bertz CT molecular complexity index is 477. The topological polar surface area (TPSA) is 87.7 Å². The summed E-state index contributed by atoms with van der Waals surface area (Å²) in [5, 5.41) is 13.9. The van der Waals surface area contributed by atoms with Crippen molar-refractivity contribution in [2.24, 2.45) is 0 Å². The molecular weight excluding hydrogens is 272 g/mol. The lowest BCUT2D eigenvalue weighted by atomic mass is 10.2. The lowest BCUT2D eigenvalue weighted by Gasteiger charge is -2.19. The second kappa shape index (κ2) is 7.75. The first-order chi connectivity index (χ1) is 9.81. The van der Waals surface area contributed by atoms with Crippen LogP contribution < -0.4 is 10.6 Å². The molecule has 1 aromatic rings. The molecule has 0 fully saturated rings. The number of anilines is 1. The van der Waals surface area contributed by atoms with E-state index in [1.807, 2.05) is 20.8 Å². The molecule has 0 aromatic heterocycles. The molecule has 116 valence electrons. The zero-order valence-corrected chi connectivity index (χ0v) is 12.6. The van der Waals surface area contributed by atoms with Crippen LogP contribution in [0.5, 0.6) is 0 Å². The highest BCUT2D eigenvalue weighted by molar-refractivity contribution is 5.96. The van der Waals surface area contributed by atoms with Crippen LogP contribution in [0.4, 0.5) is 5.69 Å². The molecule has 0 saturated carbocycles. The van der Waals surface area contributed by atoms with Gasteiger partial charge in [-0.25, -0.2) is 0 Å². The first-order valence-corrected chi connectivity index (χ1v) is 6.75. The number of hydrogen-bond acceptors (Lipinski definition) is 4. The highest BCUT2D eigenvalue weighted by Gasteiger charge is 2.13. The molecule has 0 spiro atoms. The van der Waals surface area contributed by atoms with Gasteiger partial charge in [-0.3, -0.25) is 9.59 Å². The highest BCUT2D eigenvalue weighted by atomic mass is 16.5. The Morgan fingerprint density at radius 3 is 2.33 bits per heavy atom. The second-order valence-electron chi connectivity index (χ2n) is 5.51. The van der Waals surface area contributed by atoms with E-state index in [1.54, 1.807) is 24.3 Å². The number of amides is 2. The zero-order valence-electron chi connectivity index (χ0n) is 12.6. The van der Waals surface area contributed by atoms with Crippen LogP contribution in [-0.2, 0) is 9.53 Å². The minimum atomic E-state index is -0.369. The van der Waals surface area contributed by atoms with Gasteiger partial charge in [-0.05, 0) is 45.0 Å². The number of benzene rings is 1. The summed E-state index contributed by atoms with van der Waals surface area (Å²) in [6.45, 7) is 5.71. The summed E-state index contributed by atoms with van der Waals surface area (Å²) in [4.78, 5) is 23.3. The van der Waals surface area contributed by atoms with Crippen LogP contribution in [0.15, 0.2) is 24.3 Å². The van der Waals surface area contributed by atoms with Gasteiger partial charge in [0.15, 0.2) is 0 Å². The molecule has 0 heterocycles. The molecule has 0 atom stereocenters. The van der Waals surface area contributed by atoms with Crippen molar-refractivity contribution in [3.63, 3.8) is 0 Å². The van der Waals surface area contributed by atoms with Gasteiger partial charge in [0.1, 0.15) is 6.61 Å². The second-order valence-corrected chi connectivity index (χ2v) is 5.51. The fourth-order valence-electron chi connectivity index (χ4n) is 1.46. The number of aliphatic hydroxyl groups excluding tert-OH is 1. The maximum Gasteiger partial charge on any atom is 0.251 e. The van der Waals surface area contributed by atoms with E-state index in [1.165, 1.54) is 0 Å². The average molecular weight is 294 g/mol. The van der Waals surface area contributed by atoms with Gasteiger partial charge < -0.3 is 20.5 Å². The summed E-state index contributed by atoms with van der Waals surface area (Å²) >= 11 is 0. The van der Waals surface area contributed by atoms with Crippen LogP contribution in [0.25, 0.3) is 0 Å². The molecule has 0 bridgehead atoms. The van der Waals surface area contributed by atoms with Gasteiger partial charge in [0.2, 0.25) is 5.91 Å². The van der Waals surface area contributed by atoms with Crippen molar-refractivity contribution in [1.29, 1.82) is 0 Å². The third-order valence-electron chi connectivity index (χ3n) is 2.46. The Labute approximate surface area is 124 Å². The van der Waals surface area contributed by atoms with Crippen molar-refractivity contribution in [2.45, 2.75) is 26.4 Å². The van der Waals surface area contributed by atoms with E-state index in [9.17, 15) is 9.59 Å². The summed E-state index contributed by atoms with van der Waals surface area (Å²) in [6.07, 6.45) is 0. The van der Waals surface area contributed by atoms with Crippen molar-refractivity contribution in [1.82, 2.24) is 5.32 Å². The van der Waals surface area contributed by atoms with Crippen LogP contribution >= 0.6 is 0 Å². The summed E-state index contributed by atoms with van der Waals surface area (Å²) < 4.78 is 5.37. The van der Waals surface area contributed by atoms with Gasteiger partial charge in [-0.15, -0.1) is 0 Å². The van der Waals surface area contributed by atoms with Gasteiger partial charge >= 0.3 is 0 Å². The number of nitrogens with one attached hydrogen (secondary N) is 2. The molecule has 6 nitrogen and oxygen atoms in total. The predicted molar refractivity (Wildman–Crippen MR) is 80.2 cm³/mol. The molecule has 0 aliphatic carbocycles. The molecule has 3 N–H and O–H groups in total. The average Bonchev–Trinajstić information content (AvgIpc) is 2.42. The number of aliphatic hydroxyl groups is 1. The minimum Gasteiger partial charge on any atom is -0.395 e. The largest absolute Gasteiger partial charge is 0.395 e. The molecule has 6 heteroatoms. The standard InChI is InChI=1S/C15H22N2O4/c1-15(2,3)21-10-13(19)17-12-6-4-11(5-7-12)14(20)16-8-9-18/h4-7,18H,8-10H2,1-3H3,(H,16,20)(H,17,19). The molecule has 1 rings (SSSR count). The molecule has 0 aliphatic heterocycles. The summed E-state index contributed by atoms with van der Waals surface area (Å²) in [5.74, 6) is -0.514. The lowest BCUT2D eigenvalue weighted by Crippen LogP contribution is -2.27. The number of carbonyl (C=O) groups excluding carboxylic acids is 2. The molecule has 0 radical (unpaired) electrons. The maximum absolute atomic E-state index is 11.7. The number of hydrogen-bond donors (Lipinski definition) is 3. The Hall–Kier alpha value is -1.92. The van der Waals surface area contributed by atoms with Crippen molar-refractivity contribution >= 4 is 17.5 Å². The fourth-order valence-corrected chi connectivity index (χ4v) is 1.46. The lowest BCUT2D eigenvalue weighted by molar-refractivity contribution is -0.125. The van der Waals surface area contributed by atoms with Crippen molar-refractivity contribution in [3.8, 4) is 0 Å². The van der Waals surface area contributed by atoms with Crippen molar-refractivity contribution in [2.75, 3.05) is 25.1 Å². The van der Waals surface area contributed by atoms with Crippen molar-refractivity contribution in [3.05, 3.63) is 29.8 Å². The number of carbonyl (C=O) groups is 2. The van der Waals surface area contributed by atoms with Crippen LogP contribution in [0.2, 0.25) is 0 Å². The Morgan fingerprint density at radius 1 is 1.19 bits per heavy atom. The van der Waals surface area contributed by atoms with Crippen LogP contribution in [-0.4, -0.2) is 42.3 Å². The number of rotatable bonds is 6. The molecule has 0 saturated heterocycles. The first kappa shape index (κ1) is 17.1. The van der Waals surface area contributed by atoms with E-state index in [0.717, 1.165) is 0 Å². The van der Waals surface area contributed by atoms with E-state index >= 15 is 0 Å². The quantitative estimate of drug-likeness (QED) is 0.735. The summed E-state index contributed by atoms with van der Waals surface area (Å²) in [6, 6.07) is 6.49. The molecule has 2 amide bonds. The monoisotopic (exact) mass is 294 g/mol. The Balaban J connectivity index is 2.51. The number of ether oxygens (including phenoxy) is 1.